The van der Waals surface area contributed by atoms with E-state index in [0.717, 1.165) is 6.42 Å². The lowest BCUT2D eigenvalue weighted by Gasteiger charge is -2.54. The van der Waals surface area contributed by atoms with Crippen LogP contribution in [0.3, 0.4) is 0 Å². The molecule has 0 unspecified atom stereocenters. The lowest BCUT2D eigenvalue weighted by molar-refractivity contribution is -0.275. The molecule has 0 bridgehead atoms. The van der Waals surface area contributed by atoms with Crippen LogP contribution in [0.15, 0.2) is 0 Å². The number of hydroxylamine groups is 2. The summed E-state index contributed by atoms with van der Waals surface area (Å²) in [7, 11) is 0. The van der Waals surface area contributed by atoms with Crippen LogP contribution < -0.4 is 0 Å². The normalized spacial score (nSPS) is 30.2. The number of rotatable bonds is 1. The Morgan fingerprint density at radius 1 is 1.07 bits per heavy atom. The van der Waals surface area contributed by atoms with Crippen molar-refractivity contribution >= 4 is 0 Å². The van der Waals surface area contributed by atoms with E-state index in [-0.39, 0.29) is 11.1 Å². The molecule has 0 aromatic heterocycles. The molecule has 0 atom stereocenters. The van der Waals surface area contributed by atoms with E-state index in [0.29, 0.717) is 12.8 Å². The minimum Gasteiger partial charge on any atom is -0.390 e. The molecule has 84 valence electrons. The van der Waals surface area contributed by atoms with Gasteiger partial charge in [-0.25, -0.2) is 0 Å². The minimum absolute atomic E-state index is 0.355. The van der Waals surface area contributed by atoms with Crippen molar-refractivity contribution in [3.05, 3.63) is 0 Å². The average Bonchev–Trinajstić information content (AvgIpc) is 1.99. The molecule has 0 saturated carbocycles. The van der Waals surface area contributed by atoms with E-state index in [4.69, 9.17) is 0 Å². The first-order valence-electron chi connectivity index (χ1n) is 5.35. The molecule has 0 radical (unpaired) electrons. The Morgan fingerprint density at radius 3 is 1.71 bits per heavy atom. The summed E-state index contributed by atoms with van der Waals surface area (Å²) in [6.07, 6.45) is 1.99. The van der Waals surface area contributed by atoms with Gasteiger partial charge in [0.05, 0.1) is 5.60 Å². The van der Waals surface area contributed by atoms with Crippen molar-refractivity contribution in [2.75, 3.05) is 0 Å². The van der Waals surface area contributed by atoms with Gasteiger partial charge in [0.2, 0.25) is 0 Å². The van der Waals surface area contributed by atoms with E-state index in [1.807, 2.05) is 34.6 Å². The molecule has 3 heteroatoms. The van der Waals surface area contributed by atoms with Gasteiger partial charge < -0.3 is 10.3 Å². The summed E-state index contributed by atoms with van der Waals surface area (Å²) < 4.78 is 0. The zero-order valence-corrected chi connectivity index (χ0v) is 9.96. The molecule has 1 fully saturated rings. The first-order chi connectivity index (χ1) is 6.13. The third-order valence-corrected chi connectivity index (χ3v) is 3.33. The van der Waals surface area contributed by atoms with Crippen LogP contribution >= 0.6 is 0 Å². The number of aliphatic hydroxyl groups is 1. The maximum atomic E-state index is 10.3. The fraction of sp³-hybridized carbons (Fsp3) is 1.00. The van der Waals surface area contributed by atoms with Crippen molar-refractivity contribution in [1.82, 2.24) is 5.06 Å². The highest BCUT2D eigenvalue weighted by atomic mass is 16.5. The Hall–Kier alpha value is -0.120. The van der Waals surface area contributed by atoms with E-state index in [9.17, 15) is 10.3 Å². The van der Waals surface area contributed by atoms with Gasteiger partial charge in [-0.1, -0.05) is 6.92 Å². The van der Waals surface area contributed by atoms with E-state index in [1.54, 1.807) is 0 Å². The molecule has 1 rings (SSSR count). The number of piperidine rings is 1. The Kier molecular flexibility index (Phi) is 2.72. The monoisotopic (exact) mass is 201 g/mol. The fourth-order valence-corrected chi connectivity index (χ4v) is 2.89. The SMILES string of the molecule is CCC1(O)CC(C)(C)N(O)C(C)(C)C1. The molecule has 0 aromatic rings. The van der Waals surface area contributed by atoms with Crippen LogP contribution in [0.2, 0.25) is 0 Å². The predicted octanol–water partition coefficient (Wildman–Crippen LogP) is 2.17. The third kappa shape index (κ3) is 1.95. The van der Waals surface area contributed by atoms with Crippen LogP contribution in [0.25, 0.3) is 0 Å². The molecule has 1 heterocycles. The van der Waals surface area contributed by atoms with Crippen LogP contribution in [0, 0.1) is 0 Å². The minimum atomic E-state index is -0.633. The van der Waals surface area contributed by atoms with Crippen molar-refractivity contribution in [3.63, 3.8) is 0 Å². The molecule has 1 aliphatic rings. The summed E-state index contributed by atoms with van der Waals surface area (Å²) in [6, 6.07) is 0. The summed E-state index contributed by atoms with van der Waals surface area (Å²) >= 11 is 0. The largest absolute Gasteiger partial charge is 0.390 e. The number of nitrogens with zero attached hydrogens (tertiary/aromatic N) is 1. The van der Waals surface area contributed by atoms with Crippen molar-refractivity contribution in [2.45, 2.75) is 70.6 Å². The quantitative estimate of drug-likeness (QED) is 0.683. The maximum absolute atomic E-state index is 10.3. The van der Waals surface area contributed by atoms with Crippen molar-refractivity contribution < 1.29 is 10.3 Å². The molecular formula is C11H23NO2. The molecule has 0 aromatic carbocycles. The molecular weight excluding hydrogens is 178 g/mol. The van der Waals surface area contributed by atoms with Crippen LogP contribution in [-0.2, 0) is 0 Å². The van der Waals surface area contributed by atoms with Crippen molar-refractivity contribution in [3.8, 4) is 0 Å². The third-order valence-electron chi connectivity index (χ3n) is 3.33. The predicted molar refractivity (Wildman–Crippen MR) is 56.3 cm³/mol. The second kappa shape index (κ2) is 3.19. The zero-order chi connectivity index (χ0) is 11.2. The van der Waals surface area contributed by atoms with Gasteiger partial charge >= 0.3 is 0 Å². The second-order valence-electron chi connectivity index (χ2n) is 5.87. The van der Waals surface area contributed by atoms with Gasteiger partial charge in [-0.05, 0) is 47.0 Å². The molecule has 3 nitrogen and oxygen atoms in total. The van der Waals surface area contributed by atoms with Crippen molar-refractivity contribution in [2.24, 2.45) is 0 Å². The van der Waals surface area contributed by atoms with E-state index < -0.39 is 5.60 Å². The Balaban J connectivity index is 2.97. The number of hydrogen-bond donors (Lipinski definition) is 2. The van der Waals surface area contributed by atoms with E-state index >= 15 is 0 Å². The highest BCUT2D eigenvalue weighted by Crippen LogP contribution is 2.43. The van der Waals surface area contributed by atoms with Gasteiger partial charge in [0.25, 0.3) is 0 Å². The van der Waals surface area contributed by atoms with Gasteiger partial charge in [0.1, 0.15) is 0 Å². The average molecular weight is 201 g/mol. The van der Waals surface area contributed by atoms with Crippen LogP contribution in [0.5, 0.6) is 0 Å². The highest BCUT2D eigenvalue weighted by Gasteiger charge is 2.50. The first kappa shape index (κ1) is 12.0. The Labute approximate surface area is 86.7 Å². The van der Waals surface area contributed by atoms with Gasteiger partial charge in [0, 0.05) is 11.1 Å². The van der Waals surface area contributed by atoms with Crippen molar-refractivity contribution in [1.29, 1.82) is 0 Å². The summed E-state index contributed by atoms with van der Waals surface area (Å²) in [4.78, 5) is 0. The Morgan fingerprint density at radius 2 is 1.43 bits per heavy atom. The van der Waals surface area contributed by atoms with E-state index in [2.05, 4.69) is 0 Å². The summed E-state index contributed by atoms with van der Waals surface area (Å²) in [6.45, 7) is 9.87. The van der Waals surface area contributed by atoms with E-state index in [1.165, 1.54) is 5.06 Å². The first-order valence-corrected chi connectivity index (χ1v) is 5.35. The second-order valence-corrected chi connectivity index (χ2v) is 5.87. The standard InChI is InChI=1S/C11H23NO2/c1-6-11(13)7-9(2,3)12(14)10(4,5)8-11/h13-14H,6-8H2,1-5H3. The maximum Gasteiger partial charge on any atom is 0.0681 e. The molecule has 2 N–H and O–H groups in total. The molecule has 0 aliphatic carbocycles. The lowest BCUT2D eigenvalue weighted by atomic mass is 9.71. The van der Waals surface area contributed by atoms with Gasteiger partial charge in [-0.15, -0.1) is 0 Å². The number of hydrogen-bond acceptors (Lipinski definition) is 3. The molecule has 1 saturated heterocycles. The molecule has 1 aliphatic heterocycles. The molecule has 14 heavy (non-hydrogen) atoms. The van der Waals surface area contributed by atoms with Gasteiger partial charge in [-0.2, -0.15) is 5.06 Å². The molecule has 0 amide bonds. The van der Waals surface area contributed by atoms with Crippen LogP contribution in [-0.4, -0.2) is 32.1 Å². The fourth-order valence-electron chi connectivity index (χ4n) is 2.89. The zero-order valence-electron chi connectivity index (χ0n) is 9.96. The Bertz CT molecular complexity index is 200. The summed E-state index contributed by atoms with van der Waals surface area (Å²) in [5, 5.41) is 21.7. The topological polar surface area (TPSA) is 43.7 Å². The van der Waals surface area contributed by atoms with Crippen LogP contribution in [0.1, 0.15) is 53.9 Å². The van der Waals surface area contributed by atoms with Gasteiger partial charge in [-0.3, -0.25) is 0 Å². The highest BCUT2D eigenvalue weighted by molar-refractivity contribution is 5.02. The summed E-state index contributed by atoms with van der Waals surface area (Å²) in [5.74, 6) is 0. The van der Waals surface area contributed by atoms with Gasteiger partial charge in [0.15, 0.2) is 0 Å². The lowest BCUT2D eigenvalue weighted by Crippen LogP contribution is -2.64. The molecule has 0 spiro atoms. The summed E-state index contributed by atoms with van der Waals surface area (Å²) in [5.41, 5.74) is -1.34. The smallest absolute Gasteiger partial charge is 0.0681 e. The van der Waals surface area contributed by atoms with Crippen LogP contribution in [0.4, 0.5) is 0 Å².